The second-order valence-electron chi connectivity index (χ2n) is 11.5. The molecule has 0 amide bonds. The Labute approximate surface area is 169 Å². The summed E-state index contributed by atoms with van der Waals surface area (Å²) in [5.74, 6) is 2.94. The second kappa shape index (κ2) is 8.34. The van der Waals surface area contributed by atoms with Gasteiger partial charge in [-0.15, -0.1) is 0 Å². The van der Waals surface area contributed by atoms with Gasteiger partial charge >= 0.3 is 0 Å². The van der Waals surface area contributed by atoms with Crippen molar-refractivity contribution in [3.05, 3.63) is 0 Å². The van der Waals surface area contributed by atoms with E-state index in [0.29, 0.717) is 0 Å². The largest absolute Gasteiger partial charge is 0.303 e. The molecule has 27 heavy (non-hydrogen) atoms. The van der Waals surface area contributed by atoms with Gasteiger partial charge in [0, 0.05) is 6.54 Å². The number of likely N-dealkylation sites (tertiary alicyclic amines) is 2. The van der Waals surface area contributed by atoms with Gasteiger partial charge in [0.2, 0.25) is 0 Å². The maximum absolute atomic E-state index is 2.85. The third-order valence-electron chi connectivity index (χ3n) is 9.37. The Morgan fingerprint density at radius 2 is 1.33 bits per heavy atom. The molecule has 2 heteroatoms. The number of nitrogens with zero attached hydrogens (tertiary/aromatic N) is 2. The minimum atomic E-state index is 0.745. The fourth-order valence-electron chi connectivity index (χ4n) is 7.26. The van der Waals surface area contributed by atoms with Crippen molar-refractivity contribution in [3.8, 4) is 0 Å². The molecule has 2 spiro atoms. The van der Waals surface area contributed by atoms with Crippen LogP contribution in [0.5, 0.6) is 0 Å². The Balaban J connectivity index is 1.15. The predicted octanol–water partition coefficient (Wildman–Crippen LogP) is 5.82. The van der Waals surface area contributed by atoms with E-state index in [1.165, 1.54) is 97.1 Å². The molecule has 0 unspecified atom stereocenters. The number of piperidine rings is 2. The summed E-state index contributed by atoms with van der Waals surface area (Å²) in [5.41, 5.74) is 1.51. The van der Waals surface area contributed by atoms with Gasteiger partial charge in [0.05, 0.1) is 0 Å². The highest BCUT2D eigenvalue weighted by Gasteiger charge is 2.46. The van der Waals surface area contributed by atoms with Crippen LogP contribution in [0.2, 0.25) is 0 Å². The molecule has 4 rings (SSSR count). The first-order valence-electron chi connectivity index (χ1n) is 12.5. The van der Waals surface area contributed by atoms with Crippen LogP contribution in [0.3, 0.4) is 0 Å². The molecule has 2 heterocycles. The number of hydrogen-bond acceptors (Lipinski definition) is 2. The van der Waals surface area contributed by atoms with E-state index in [4.69, 9.17) is 0 Å². The van der Waals surface area contributed by atoms with Crippen molar-refractivity contribution >= 4 is 0 Å². The standard InChI is InChI=1S/C25H46N2/c1-4-13-26-14-11-25(12-15-26)18-22(19-25)20-27-16-9-24(10-17-27)7-5-23(6-8-24)21(2)3/h21-23H,4-20H2,1-3H3. The molecule has 0 aromatic carbocycles. The third kappa shape index (κ3) is 4.58. The zero-order valence-electron chi connectivity index (χ0n) is 18.6. The summed E-state index contributed by atoms with van der Waals surface area (Å²) in [4.78, 5) is 5.56. The summed E-state index contributed by atoms with van der Waals surface area (Å²) in [6.45, 7) is 15.5. The smallest absolute Gasteiger partial charge is 0.00101 e. The van der Waals surface area contributed by atoms with E-state index in [9.17, 15) is 0 Å². The Kier molecular flexibility index (Phi) is 6.24. The van der Waals surface area contributed by atoms with Crippen LogP contribution >= 0.6 is 0 Å². The first-order chi connectivity index (χ1) is 13.0. The molecule has 0 bridgehead atoms. The second-order valence-corrected chi connectivity index (χ2v) is 11.5. The van der Waals surface area contributed by atoms with Gasteiger partial charge in [-0.05, 0) is 132 Å². The van der Waals surface area contributed by atoms with E-state index >= 15 is 0 Å². The van der Waals surface area contributed by atoms with Gasteiger partial charge < -0.3 is 9.80 Å². The highest BCUT2D eigenvalue weighted by atomic mass is 15.1. The van der Waals surface area contributed by atoms with E-state index < -0.39 is 0 Å². The Bertz CT molecular complexity index is 451. The fourth-order valence-corrected chi connectivity index (χ4v) is 7.26. The summed E-state index contributed by atoms with van der Waals surface area (Å²) < 4.78 is 0. The summed E-state index contributed by atoms with van der Waals surface area (Å²) >= 11 is 0. The van der Waals surface area contributed by atoms with Crippen molar-refractivity contribution in [1.82, 2.24) is 9.80 Å². The molecule has 0 radical (unpaired) electrons. The van der Waals surface area contributed by atoms with E-state index in [0.717, 1.165) is 28.6 Å². The van der Waals surface area contributed by atoms with Crippen LogP contribution in [-0.2, 0) is 0 Å². The average Bonchev–Trinajstić information content (AvgIpc) is 2.65. The molecule has 2 saturated carbocycles. The first kappa shape index (κ1) is 20.2. The van der Waals surface area contributed by atoms with Crippen molar-refractivity contribution in [3.63, 3.8) is 0 Å². The van der Waals surface area contributed by atoms with Crippen molar-refractivity contribution in [2.24, 2.45) is 28.6 Å². The van der Waals surface area contributed by atoms with Crippen LogP contribution in [0.25, 0.3) is 0 Å². The minimum Gasteiger partial charge on any atom is -0.303 e. The maximum atomic E-state index is 2.85. The van der Waals surface area contributed by atoms with Crippen LogP contribution < -0.4 is 0 Å². The fraction of sp³-hybridized carbons (Fsp3) is 1.00. The van der Waals surface area contributed by atoms with E-state index in [1.807, 2.05) is 0 Å². The molecule has 0 atom stereocenters. The summed E-state index contributed by atoms with van der Waals surface area (Å²) in [5, 5.41) is 0. The molecule has 2 aliphatic heterocycles. The Hall–Kier alpha value is -0.0800. The summed E-state index contributed by atoms with van der Waals surface area (Å²) in [6, 6.07) is 0. The van der Waals surface area contributed by atoms with Gasteiger partial charge in [0.1, 0.15) is 0 Å². The third-order valence-corrected chi connectivity index (χ3v) is 9.37. The Morgan fingerprint density at radius 3 is 1.89 bits per heavy atom. The van der Waals surface area contributed by atoms with Crippen LogP contribution in [0.15, 0.2) is 0 Å². The number of hydrogen-bond donors (Lipinski definition) is 0. The molecule has 2 nitrogen and oxygen atoms in total. The lowest BCUT2D eigenvalue weighted by atomic mass is 9.57. The minimum absolute atomic E-state index is 0.745. The zero-order chi connectivity index (χ0) is 18.9. The lowest BCUT2D eigenvalue weighted by Crippen LogP contribution is -2.51. The topological polar surface area (TPSA) is 6.48 Å². The molecule has 0 aromatic rings. The molecule has 2 saturated heterocycles. The average molecular weight is 375 g/mol. The molecule has 0 N–H and O–H groups in total. The molecule has 0 aromatic heterocycles. The van der Waals surface area contributed by atoms with Gasteiger partial charge in [-0.1, -0.05) is 20.8 Å². The van der Waals surface area contributed by atoms with Crippen LogP contribution in [-0.4, -0.2) is 49.1 Å². The quantitative estimate of drug-likeness (QED) is 0.598. The van der Waals surface area contributed by atoms with E-state index in [-0.39, 0.29) is 0 Å². The first-order valence-corrected chi connectivity index (χ1v) is 12.5. The van der Waals surface area contributed by atoms with Crippen LogP contribution in [0.4, 0.5) is 0 Å². The zero-order valence-corrected chi connectivity index (χ0v) is 18.6. The van der Waals surface area contributed by atoms with Gasteiger partial charge in [0.15, 0.2) is 0 Å². The monoisotopic (exact) mass is 374 g/mol. The summed E-state index contributed by atoms with van der Waals surface area (Å²) in [7, 11) is 0. The summed E-state index contributed by atoms with van der Waals surface area (Å²) in [6.07, 6.45) is 16.5. The molecular weight excluding hydrogens is 328 g/mol. The van der Waals surface area contributed by atoms with Gasteiger partial charge in [0.25, 0.3) is 0 Å². The molecule has 4 aliphatic rings. The van der Waals surface area contributed by atoms with Gasteiger partial charge in [-0.25, -0.2) is 0 Å². The van der Waals surface area contributed by atoms with Crippen molar-refractivity contribution < 1.29 is 0 Å². The highest BCUT2D eigenvalue weighted by molar-refractivity contribution is 4.99. The lowest BCUT2D eigenvalue weighted by Gasteiger charge is -2.54. The van der Waals surface area contributed by atoms with Crippen molar-refractivity contribution in [2.45, 2.75) is 91.4 Å². The lowest BCUT2D eigenvalue weighted by molar-refractivity contribution is -0.0365. The Morgan fingerprint density at radius 1 is 0.778 bits per heavy atom. The van der Waals surface area contributed by atoms with Crippen molar-refractivity contribution in [2.75, 3.05) is 39.3 Å². The molecular formula is C25H46N2. The maximum Gasteiger partial charge on any atom is 0.00101 e. The van der Waals surface area contributed by atoms with Crippen LogP contribution in [0.1, 0.15) is 91.4 Å². The highest BCUT2D eigenvalue weighted by Crippen LogP contribution is 2.53. The van der Waals surface area contributed by atoms with Crippen LogP contribution in [0, 0.1) is 28.6 Å². The van der Waals surface area contributed by atoms with Gasteiger partial charge in [-0.2, -0.15) is 0 Å². The van der Waals surface area contributed by atoms with E-state index in [1.54, 1.807) is 12.8 Å². The molecule has 4 fully saturated rings. The van der Waals surface area contributed by atoms with Gasteiger partial charge in [-0.3, -0.25) is 0 Å². The predicted molar refractivity (Wildman–Crippen MR) is 116 cm³/mol. The van der Waals surface area contributed by atoms with Crippen molar-refractivity contribution in [1.29, 1.82) is 0 Å². The number of rotatable bonds is 5. The van der Waals surface area contributed by atoms with E-state index in [2.05, 4.69) is 30.6 Å². The normalized spacial score (nSPS) is 30.2. The SMILES string of the molecule is CCCN1CCC2(CC1)CC(CN1CCC3(CCC(C(C)C)CC3)CC1)C2. The molecule has 2 aliphatic carbocycles. The molecule has 156 valence electrons.